The highest BCUT2D eigenvalue weighted by Crippen LogP contribution is 2.36. The Labute approximate surface area is 163 Å². The van der Waals surface area contributed by atoms with Crippen LogP contribution in [0.3, 0.4) is 0 Å². The smallest absolute Gasteiger partial charge is 0.224 e. The number of nitrogens with zero attached hydrogens (tertiary/aromatic N) is 1. The number of fused-ring (bicyclic) bond motifs is 2. The van der Waals surface area contributed by atoms with Crippen molar-refractivity contribution in [3.05, 3.63) is 35.9 Å². The van der Waals surface area contributed by atoms with E-state index < -0.39 is 0 Å². The molecular weight excluding hydrogens is 357 g/mol. The molecule has 0 aromatic heterocycles. The Morgan fingerprint density at radius 1 is 1.16 bits per heavy atom. The molecule has 4 nitrogen and oxygen atoms in total. The molecule has 3 rings (SSSR count). The molecule has 3 atom stereocenters. The monoisotopic (exact) mass is 387 g/mol. The van der Waals surface area contributed by atoms with E-state index in [9.17, 15) is 4.79 Å². The number of carbonyl (C=O) groups is 1. The number of amides is 1. The predicted molar refractivity (Wildman–Crippen MR) is 108 cm³/mol. The highest BCUT2D eigenvalue weighted by molar-refractivity contribution is 5.85. The summed E-state index contributed by atoms with van der Waals surface area (Å²) < 4.78 is 0. The standard InChI is InChI=1S/C19H29N3O.2ClH/c1-14(12-20-2)19(23)21-16-10-17-8-9-18(11-16)22(17)13-15-6-4-3-5-7-15;;/h3-7,14,16-18,20H,8-13H2,1-2H3,(H,21,23);2*1H. The third-order valence-corrected chi connectivity index (χ3v) is 5.40. The third kappa shape index (κ3) is 5.58. The van der Waals surface area contributed by atoms with Crippen molar-refractivity contribution in [1.29, 1.82) is 0 Å². The highest BCUT2D eigenvalue weighted by Gasteiger charge is 2.41. The Morgan fingerprint density at radius 2 is 1.76 bits per heavy atom. The summed E-state index contributed by atoms with van der Waals surface area (Å²) in [5, 5.41) is 6.36. The van der Waals surface area contributed by atoms with Crippen LogP contribution < -0.4 is 10.6 Å². The highest BCUT2D eigenvalue weighted by atomic mass is 35.5. The van der Waals surface area contributed by atoms with Crippen molar-refractivity contribution < 1.29 is 4.79 Å². The van der Waals surface area contributed by atoms with E-state index in [0.29, 0.717) is 18.1 Å². The Bertz CT molecular complexity index is 515. The van der Waals surface area contributed by atoms with E-state index in [2.05, 4.69) is 45.9 Å². The molecule has 25 heavy (non-hydrogen) atoms. The molecule has 6 heteroatoms. The molecule has 2 saturated heterocycles. The molecule has 1 aromatic rings. The Morgan fingerprint density at radius 3 is 2.32 bits per heavy atom. The molecule has 2 fully saturated rings. The predicted octanol–water partition coefficient (Wildman–Crippen LogP) is 3.00. The largest absolute Gasteiger partial charge is 0.353 e. The molecule has 2 aliphatic heterocycles. The maximum Gasteiger partial charge on any atom is 0.224 e. The summed E-state index contributed by atoms with van der Waals surface area (Å²) >= 11 is 0. The van der Waals surface area contributed by atoms with E-state index in [4.69, 9.17) is 0 Å². The number of benzene rings is 1. The fourth-order valence-corrected chi connectivity index (χ4v) is 4.19. The van der Waals surface area contributed by atoms with Crippen LogP contribution in [-0.2, 0) is 11.3 Å². The van der Waals surface area contributed by atoms with Crippen molar-refractivity contribution in [1.82, 2.24) is 15.5 Å². The lowest BCUT2D eigenvalue weighted by molar-refractivity contribution is -0.125. The number of rotatable bonds is 6. The van der Waals surface area contributed by atoms with Crippen molar-refractivity contribution in [2.75, 3.05) is 13.6 Å². The van der Waals surface area contributed by atoms with Crippen LogP contribution in [0.5, 0.6) is 0 Å². The normalized spacial score (nSPS) is 26.2. The zero-order valence-electron chi connectivity index (χ0n) is 15.1. The lowest BCUT2D eigenvalue weighted by Gasteiger charge is -2.39. The van der Waals surface area contributed by atoms with Crippen LogP contribution in [0.25, 0.3) is 0 Å². The molecule has 0 saturated carbocycles. The van der Waals surface area contributed by atoms with E-state index in [0.717, 1.165) is 25.9 Å². The lowest BCUT2D eigenvalue weighted by atomic mass is 9.96. The molecule has 1 amide bonds. The number of carbonyl (C=O) groups excluding carboxylic acids is 1. The van der Waals surface area contributed by atoms with Crippen LogP contribution in [0, 0.1) is 5.92 Å². The van der Waals surface area contributed by atoms with E-state index in [1.165, 1.54) is 18.4 Å². The van der Waals surface area contributed by atoms with E-state index in [-0.39, 0.29) is 36.6 Å². The summed E-state index contributed by atoms with van der Waals surface area (Å²) in [4.78, 5) is 14.9. The van der Waals surface area contributed by atoms with Gasteiger partial charge in [0.25, 0.3) is 0 Å². The summed E-state index contributed by atoms with van der Waals surface area (Å²) in [5.74, 6) is 0.236. The number of hydrogen-bond donors (Lipinski definition) is 2. The Hall–Kier alpha value is -0.810. The van der Waals surface area contributed by atoms with Gasteiger partial charge >= 0.3 is 0 Å². The molecule has 1 aromatic carbocycles. The minimum Gasteiger partial charge on any atom is -0.353 e. The lowest BCUT2D eigenvalue weighted by Crippen LogP contribution is -2.51. The molecule has 0 aliphatic carbocycles. The quantitative estimate of drug-likeness (QED) is 0.788. The number of hydrogen-bond acceptors (Lipinski definition) is 3. The van der Waals surface area contributed by atoms with Crippen LogP contribution in [0.1, 0.15) is 38.2 Å². The third-order valence-electron chi connectivity index (χ3n) is 5.40. The van der Waals surface area contributed by atoms with Crippen LogP contribution in [0.15, 0.2) is 30.3 Å². The van der Waals surface area contributed by atoms with Crippen LogP contribution >= 0.6 is 24.8 Å². The minimum absolute atomic E-state index is 0. The molecule has 0 radical (unpaired) electrons. The number of nitrogens with one attached hydrogen (secondary N) is 2. The molecule has 2 bridgehead atoms. The summed E-state index contributed by atoms with van der Waals surface area (Å²) in [6.07, 6.45) is 4.74. The maximum absolute atomic E-state index is 12.2. The van der Waals surface area contributed by atoms with Crippen molar-refractivity contribution >= 4 is 30.7 Å². The topological polar surface area (TPSA) is 44.4 Å². The number of halogens is 2. The fourth-order valence-electron chi connectivity index (χ4n) is 4.19. The average molecular weight is 388 g/mol. The van der Waals surface area contributed by atoms with Gasteiger partial charge in [-0.2, -0.15) is 0 Å². The molecule has 142 valence electrons. The van der Waals surface area contributed by atoms with Crippen LogP contribution in [0.2, 0.25) is 0 Å². The first-order chi connectivity index (χ1) is 11.2. The van der Waals surface area contributed by atoms with Gasteiger partial charge in [0, 0.05) is 37.1 Å². The van der Waals surface area contributed by atoms with E-state index in [1.807, 2.05) is 14.0 Å². The molecule has 0 spiro atoms. The van der Waals surface area contributed by atoms with E-state index in [1.54, 1.807) is 0 Å². The van der Waals surface area contributed by atoms with Crippen molar-refractivity contribution in [3.8, 4) is 0 Å². The number of piperidine rings is 1. The summed E-state index contributed by atoms with van der Waals surface area (Å²) in [6.45, 7) is 3.78. The van der Waals surface area contributed by atoms with Gasteiger partial charge < -0.3 is 10.6 Å². The summed E-state index contributed by atoms with van der Waals surface area (Å²) in [5.41, 5.74) is 1.40. The van der Waals surface area contributed by atoms with Gasteiger partial charge in [-0.25, -0.2) is 0 Å². The van der Waals surface area contributed by atoms with Crippen molar-refractivity contribution in [2.45, 2.75) is 57.3 Å². The second kappa shape index (κ2) is 10.4. The van der Waals surface area contributed by atoms with Gasteiger partial charge in [0.2, 0.25) is 5.91 Å². The zero-order valence-corrected chi connectivity index (χ0v) is 16.7. The second-order valence-electron chi connectivity index (χ2n) is 7.18. The van der Waals surface area contributed by atoms with Crippen molar-refractivity contribution in [2.24, 2.45) is 5.92 Å². The molecule has 2 heterocycles. The van der Waals surface area contributed by atoms with Gasteiger partial charge in [0.05, 0.1) is 0 Å². The first-order valence-electron chi connectivity index (χ1n) is 8.92. The van der Waals surface area contributed by atoms with Crippen LogP contribution in [0.4, 0.5) is 0 Å². The van der Waals surface area contributed by atoms with Gasteiger partial charge in [-0.1, -0.05) is 37.3 Å². The van der Waals surface area contributed by atoms with Gasteiger partial charge in [-0.15, -0.1) is 24.8 Å². The van der Waals surface area contributed by atoms with Gasteiger partial charge in [0.15, 0.2) is 0 Å². The molecule has 2 N–H and O–H groups in total. The zero-order chi connectivity index (χ0) is 16.2. The first-order valence-corrected chi connectivity index (χ1v) is 8.92. The SMILES string of the molecule is CNCC(C)C(=O)NC1CC2CCC(C1)N2Cc1ccccc1.Cl.Cl. The maximum atomic E-state index is 12.2. The molecule has 2 aliphatic rings. The Balaban J connectivity index is 0.00000156. The first kappa shape index (κ1) is 22.2. The second-order valence-corrected chi connectivity index (χ2v) is 7.18. The molecule has 3 unspecified atom stereocenters. The van der Waals surface area contributed by atoms with Gasteiger partial charge in [-0.3, -0.25) is 9.69 Å². The van der Waals surface area contributed by atoms with E-state index >= 15 is 0 Å². The summed E-state index contributed by atoms with van der Waals surface area (Å²) in [7, 11) is 1.89. The van der Waals surface area contributed by atoms with Crippen molar-refractivity contribution in [3.63, 3.8) is 0 Å². The Kier molecular flexibility index (Phi) is 9.22. The molecular formula is C19H31Cl2N3O. The fraction of sp³-hybridized carbons (Fsp3) is 0.632. The minimum atomic E-state index is 0. The van der Waals surface area contributed by atoms with Gasteiger partial charge in [-0.05, 0) is 38.3 Å². The average Bonchev–Trinajstić information content (AvgIpc) is 2.79. The van der Waals surface area contributed by atoms with Gasteiger partial charge in [0.1, 0.15) is 0 Å². The van der Waals surface area contributed by atoms with Crippen LogP contribution in [-0.4, -0.2) is 42.5 Å². The summed E-state index contributed by atoms with van der Waals surface area (Å²) in [6, 6.07) is 12.3.